The molecule has 1 aliphatic carbocycles. The van der Waals surface area contributed by atoms with Crippen molar-refractivity contribution in [3.05, 3.63) is 40.4 Å². The predicted molar refractivity (Wildman–Crippen MR) is 96.2 cm³/mol. The van der Waals surface area contributed by atoms with Crippen LogP contribution in [0.4, 0.5) is 0 Å². The Labute approximate surface area is 142 Å². The fourth-order valence-electron chi connectivity index (χ4n) is 4.23. The Morgan fingerprint density at radius 1 is 1.12 bits per heavy atom. The Morgan fingerprint density at radius 3 is 2.58 bits per heavy atom. The SMILES string of the molecule is C[C@@H](c1nc2ccccc2c(=O)[nH]1)N1CCN(C2CCCC2)CC1. The number of aromatic amines is 1. The summed E-state index contributed by atoms with van der Waals surface area (Å²) in [5.41, 5.74) is 0.750. The summed E-state index contributed by atoms with van der Waals surface area (Å²) in [4.78, 5) is 25.1. The Balaban J connectivity index is 1.48. The molecule has 0 radical (unpaired) electrons. The highest BCUT2D eigenvalue weighted by Gasteiger charge is 2.28. The van der Waals surface area contributed by atoms with Crippen LogP contribution in [0.25, 0.3) is 10.9 Å². The summed E-state index contributed by atoms with van der Waals surface area (Å²) in [6, 6.07) is 8.51. The highest BCUT2D eigenvalue weighted by Crippen LogP contribution is 2.26. The number of rotatable bonds is 3. The molecular formula is C19H26N4O. The maximum atomic E-state index is 12.3. The third-order valence-corrected chi connectivity index (χ3v) is 5.76. The minimum absolute atomic E-state index is 0.0351. The van der Waals surface area contributed by atoms with Crippen molar-refractivity contribution in [2.45, 2.75) is 44.7 Å². The molecule has 2 aromatic rings. The Kier molecular flexibility index (Phi) is 4.37. The molecule has 1 aromatic heterocycles. The first-order valence-electron chi connectivity index (χ1n) is 9.19. The summed E-state index contributed by atoms with van der Waals surface area (Å²) in [6.45, 7) is 6.51. The maximum Gasteiger partial charge on any atom is 0.258 e. The molecule has 1 saturated heterocycles. The lowest BCUT2D eigenvalue weighted by molar-refractivity contribution is 0.0727. The van der Waals surface area contributed by atoms with Crippen molar-refractivity contribution < 1.29 is 0 Å². The molecule has 0 unspecified atom stereocenters. The largest absolute Gasteiger partial charge is 0.309 e. The number of H-pyrrole nitrogens is 1. The molecule has 2 aliphatic rings. The van der Waals surface area contributed by atoms with Crippen molar-refractivity contribution in [2.24, 2.45) is 0 Å². The second-order valence-corrected chi connectivity index (χ2v) is 7.15. The van der Waals surface area contributed by atoms with Gasteiger partial charge in [-0.15, -0.1) is 0 Å². The highest BCUT2D eigenvalue weighted by molar-refractivity contribution is 5.77. The average Bonchev–Trinajstić information content (AvgIpc) is 3.16. The number of nitrogens with zero attached hydrogens (tertiary/aromatic N) is 3. The zero-order chi connectivity index (χ0) is 16.5. The van der Waals surface area contributed by atoms with Gasteiger partial charge in [0.15, 0.2) is 0 Å². The topological polar surface area (TPSA) is 52.2 Å². The molecule has 128 valence electrons. The van der Waals surface area contributed by atoms with E-state index in [1.54, 1.807) is 0 Å². The van der Waals surface area contributed by atoms with Crippen LogP contribution in [0, 0.1) is 0 Å². The quantitative estimate of drug-likeness (QED) is 0.942. The van der Waals surface area contributed by atoms with E-state index in [2.05, 4.69) is 21.7 Å². The van der Waals surface area contributed by atoms with E-state index in [1.165, 1.54) is 25.7 Å². The molecule has 5 heteroatoms. The van der Waals surface area contributed by atoms with E-state index >= 15 is 0 Å². The van der Waals surface area contributed by atoms with Crippen LogP contribution >= 0.6 is 0 Å². The van der Waals surface area contributed by atoms with Crippen LogP contribution in [0.15, 0.2) is 29.1 Å². The van der Waals surface area contributed by atoms with Crippen LogP contribution in [-0.4, -0.2) is 52.0 Å². The Bertz CT molecular complexity index is 757. The highest BCUT2D eigenvalue weighted by atomic mass is 16.1. The fraction of sp³-hybridized carbons (Fsp3) is 0.579. The van der Waals surface area contributed by atoms with Crippen molar-refractivity contribution in [1.29, 1.82) is 0 Å². The third-order valence-electron chi connectivity index (χ3n) is 5.76. The van der Waals surface area contributed by atoms with Gasteiger partial charge >= 0.3 is 0 Å². The first-order valence-corrected chi connectivity index (χ1v) is 9.19. The lowest BCUT2D eigenvalue weighted by Crippen LogP contribution is -2.50. The maximum absolute atomic E-state index is 12.3. The Morgan fingerprint density at radius 2 is 1.83 bits per heavy atom. The smallest absolute Gasteiger partial charge is 0.258 e. The normalized spacial score (nSPS) is 22.2. The Hall–Kier alpha value is -1.72. The number of fused-ring (bicyclic) bond motifs is 1. The van der Waals surface area contributed by atoms with Crippen molar-refractivity contribution in [2.75, 3.05) is 26.2 Å². The van der Waals surface area contributed by atoms with Crippen LogP contribution in [0.3, 0.4) is 0 Å². The minimum atomic E-state index is -0.0351. The molecule has 2 heterocycles. The second kappa shape index (κ2) is 6.65. The van der Waals surface area contributed by atoms with E-state index in [0.717, 1.165) is 43.6 Å². The van der Waals surface area contributed by atoms with Crippen LogP contribution in [-0.2, 0) is 0 Å². The first-order chi connectivity index (χ1) is 11.7. The van der Waals surface area contributed by atoms with Crippen molar-refractivity contribution in [1.82, 2.24) is 19.8 Å². The molecule has 1 saturated carbocycles. The number of nitrogens with one attached hydrogen (secondary N) is 1. The van der Waals surface area contributed by atoms with E-state index in [-0.39, 0.29) is 11.6 Å². The van der Waals surface area contributed by atoms with Gasteiger partial charge in [0.1, 0.15) is 5.82 Å². The van der Waals surface area contributed by atoms with Crippen LogP contribution in [0.5, 0.6) is 0 Å². The van der Waals surface area contributed by atoms with Gasteiger partial charge in [0.25, 0.3) is 5.56 Å². The summed E-state index contributed by atoms with van der Waals surface area (Å²) >= 11 is 0. The minimum Gasteiger partial charge on any atom is -0.309 e. The van der Waals surface area contributed by atoms with Crippen molar-refractivity contribution in [3.63, 3.8) is 0 Å². The van der Waals surface area contributed by atoms with Crippen LogP contribution in [0.1, 0.15) is 44.5 Å². The van der Waals surface area contributed by atoms with Gasteiger partial charge in [-0.3, -0.25) is 14.6 Å². The van der Waals surface area contributed by atoms with E-state index in [1.807, 2.05) is 24.3 Å². The van der Waals surface area contributed by atoms with E-state index in [4.69, 9.17) is 4.98 Å². The molecule has 1 atom stereocenters. The van der Waals surface area contributed by atoms with Gasteiger partial charge in [-0.05, 0) is 31.9 Å². The molecule has 0 bridgehead atoms. The molecule has 0 amide bonds. The number of benzene rings is 1. The van der Waals surface area contributed by atoms with Crippen LogP contribution < -0.4 is 5.56 Å². The molecule has 1 aliphatic heterocycles. The van der Waals surface area contributed by atoms with Gasteiger partial charge < -0.3 is 4.98 Å². The molecule has 2 fully saturated rings. The summed E-state index contributed by atoms with van der Waals surface area (Å²) < 4.78 is 0. The number of piperazine rings is 1. The monoisotopic (exact) mass is 326 g/mol. The molecule has 1 N–H and O–H groups in total. The predicted octanol–water partition coefficient (Wildman–Crippen LogP) is 2.54. The lowest BCUT2D eigenvalue weighted by atomic mass is 10.1. The van der Waals surface area contributed by atoms with Gasteiger partial charge in [0.2, 0.25) is 0 Å². The second-order valence-electron chi connectivity index (χ2n) is 7.15. The summed E-state index contributed by atoms with van der Waals surface area (Å²) in [5, 5.41) is 0.666. The van der Waals surface area contributed by atoms with Gasteiger partial charge in [-0.1, -0.05) is 25.0 Å². The van der Waals surface area contributed by atoms with Crippen LogP contribution in [0.2, 0.25) is 0 Å². The number of hydrogen-bond donors (Lipinski definition) is 1. The summed E-state index contributed by atoms with van der Waals surface area (Å²) in [5.74, 6) is 0.785. The first kappa shape index (κ1) is 15.8. The van der Waals surface area contributed by atoms with Gasteiger partial charge in [0, 0.05) is 32.2 Å². The van der Waals surface area contributed by atoms with Gasteiger partial charge in [-0.25, -0.2) is 4.98 Å². The number of para-hydroxylation sites is 1. The molecule has 1 aromatic carbocycles. The van der Waals surface area contributed by atoms with E-state index < -0.39 is 0 Å². The third kappa shape index (κ3) is 2.98. The number of hydrogen-bond acceptors (Lipinski definition) is 4. The van der Waals surface area contributed by atoms with Gasteiger partial charge in [0.05, 0.1) is 16.9 Å². The molecule has 4 rings (SSSR count). The zero-order valence-electron chi connectivity index (χ0n) is 14.4. The summed E-state index contributed by atoms with van der Waals surface area (Å²) in [6.07, 6.45) is 5.53. The summed E-state index contributed by atoms with van der Waals surface area (Å²) in [7, 11) is 0. The molecule has 0 spiro atoms. The molecular weight excluding hydrogens is 300 g/mol. The fourth-order valence-corrected chi connectivity index (χ4v) is 4.23. The van der Waals surface area contributed by atoms with E-state index in [0.29, 0.717) is 5.39 Å². The van der Waals surface area contributed by atoms with E-state index in [9.17, 15) is 4.79 Å². The molecule has 5 nitrogen and oxygen atoms in total. The molecule has 24 heavy (non-hydrogen) atoms. The lowest BCUT2D eigenvalue weighted by Gasteiger charge is -2.40. The average molecular weight is 326 g/mol. The van der Waals surface area contributed by atoms with Gasteiger partial charge in [-0.2, -0.15) is 0 Å². The standard InChI is InChI=1S/C19H26N4O/c1-14(18-20-17-9-5-4-8-16(17)19(24)21-18)22-10-12-23(13-11-22)15-6-2-3-7-15/h4-5,8-9,14-15H,2-3,6-7,10-13H2,1H3,(H,20,21,24)/t14-/m0/s1. The zero-order valence-corrected chi connectivity index (χ0v) is 14.4. The van der Waals surface area contributed by atoms with Crippen molar-refractivity contribution >= 4 is 10.9 Å². The van der Waals surface area contributed by atoms with Crippen molar-refractivity contribution in [3.8, 4) is 0 Å². The number of aromatic nitrogens is 2.